The first kappa shape index (κ1) is 14.4. The Hall–Kier alpha value is -2.53. The zero-order chi connectivity index (χ0) is 15.5. The zero-order valence-electron chi connectivity index (χ0n) is 11.8. The molecule has 1 aromatic carbocycles. The number of thiophene rings is 1. The fraction of sp³-hybridized carbons (Fsp3) is 0.0588. The predicted molar refractivity (Wildman–Crippen MR) is 86.6 cm³/mol. The first-order chi connectivity index (χ1) is 10.6. The summed E-state index contributed by atoms with van der Waals surface area (Å²) in [5, 5.41) is 2.59. The molecular weight excluding hydrogens is 299 g/mol. The van der Waals surface area contributed by atoms with Gasteiger partial charge in [-0.3, -0.25) is 9.78 Å². The highest BCUT2D eigenvalue weighted by Gasteiger charge is 2.16. The number of anilines is 1. The lowest BCUT2D eigenvalue weighted by atomic mass is 10.1. The van der Waals surface area contributed by atoms with Crippen molar-refractivity contribution in [1.82, 2.24) is 4.98 Å². The summed E-state index contributed by atoms with van der Waals surface area (Å²) in [5.41, 5.74) is 1.19. The number of nitrogens with zero attached hydrogens (tertiary/aromatic N) is 1. The van der Waals surface area contributed by atoms with E-state index in [0.717, 1.165) is 9.75 Å². The number of hydrogen-bond acceptors (Lipinski definition) is 3. The summed E-state index contributed by atoms with van der Waals surface area (Å²) >= 11 is 1.57. The van der Waals surface area contributed by atoms with Crippen LogP contribution in [0.1, 0.15) is 15.2 Å². The van der Waals surface area contributed by atoms with E-state index in [1.807, 2.05) is 19.1 Å². The fourth-order valence-corrected chi connectivity index (χ4v) is 2.98. The summed E-state index contributed by atoms with van der Waals surface area (Å²) in [4.78, 5) is 18.8. The van der Waals surface area contributed by atoms with Gasteiger partial charge in [0.15, 0.2) is 0 Å². The Labute approximate surface area is 131 Å². The minimum Gasteiger partial charge on any atom is -0.319 e. The minimum absolute atomic E-state index is 0.157. The maximum absolute atomic E-state index is 13.7. The first-order valence-electron chi connectivity index (χ1n) is 6.73. The van der Waals surface area contributed by atoms with Crippen LogP contribution in [0, 0.1) is 12.7 Å². The number of pyridine rings is 1. The molecule has 22 heavy (non-hydrogen) atoms. The van der Waals surface area contributed by atoms with Crippen molar-refractivity contribution in [2.75, 3.05) is 5.32 Å². The molecule has 0 aliphatic heterocycles. The van der Waals surface area contributed by atoms with Gasteiger partial charge < -0.3 is 5.32 Å². The van der Waals surface area contributed by atoms with E-state index >= 15 is 0 Å². The number of carbonyl (C=O) groups excluding carboxylic acids is 1. The SMILES string of the molecule is Cc1ccc(-c2ncccc2C(=O)Nc2ccccc2F)s1. The summed E-state index contributed by atoms with van der Waals surface area (Å²) < 4.78 is 13.7. The molecule has 1 N–H and O–H groups in total. The van der Waals surface area contributed by atoms with E-state index in [1.165, 1.54) is 12.1 Å². The average molecular weight is 312 g/mol. The molecule has 3 aromatic rings. The van der Waals surface area contributed by atoms with Gasteiger partial charge in [0.1, 0.15) is 5.82 Å². The first-order valence-corrected chi connectivity index (χ1v) is 7.54. The van der Waals surface area contributed by atoms with Gasteiger partial charge in [0.2, 0.25) is 0 Å². The minimum atomic E-state index is -0.465. The molecule has 0 spiro atoms. The maximum Gasteiger partial charge on any atom is 0.257 e. The number of benzene rings is 1. The van der Waals surface area contributed by atoms with Gasteiger partial charge in [0, 0.05) is 11.1 Å². The van der Waals surface area contributed by atoms with Crippen LogP contribution in [0.3, 0.4) is 0 Å². The Bertz CT molecular complexity index is 829. The zero-order valence-corrected chi connectivity index (χ0v) is 12.7. The number of hydrogen-bond donors (Lipinski definition) is 1. The van der Waals surface area contributed by atoms with Crippen LogP contribution in [0.2, 0.25) is 0 Å². The van der Waals surface area contributed by atoms with E-state index < -0.39 is 5.82 Å². The van der Waals surface area contributed by atoms with Gasteiger partial charge in [-0.05, 0) is 43.3 Å². The third-order valence-corrected chi connectivity index (χ3v) is 4.16. The molecule has 0 fully saturated rings. The van der Waals surface area contributed by atoms with E-state index in [1.54, 1.807) is 41.8 Å². The van der Waals surface area contributed by atoms with E-state index in [9.17, 15) is 9.18 Å². The highest BCUT2D eigenvalue weighted by molar-refractivity contribution is 7.15. The number of amides is 1. The summed E-state index contributed by atoms with van der Waals surface area (Å²) in [7, 11) is 0. The van der Waals surface area contributed by atoms with E-state index in [2.05, 4.69) is 10.3 Å². The Morgan fingerprint density at radius 3 is 2.68 bits per heavy atom. The standard InChI is InChI=1S/C17H13FN2OS/c1-11-8-9-15(22-11)16-12(5-4-10-19-16)17(21)20-14-7-3-2-6-13(14)18/h2-10H,1H3,(H,20,21). The van der Waals surface area contributed by atoms with Crippen LogP contribution in [0.25, 0.3) is 10.6 Å². The van der Waals surface area contributed by atoms with Gasteiger partial charge in [-0.2, -0.15) is 0 Å². The monoisotopic (exact) mass is 312 g/mol. The summed E-state index contributed by atoms with van der Waals surface area (Å²) in [6.07, 6.45) is 1.64. The summed E-state index contributed by atoms with van der Waals surface area (Å²) in [6, 6.07) is 13.4. The molecule has 3 rings (SSSR count). The topological polar surface area (TPSA) is 42.0 Å². The van der Waals surface area contributed by atoms with E-state index in [0.29, 0.717) is 11.3 Å². The lowest BCUT2D eigenvalue weighted by molar-refractivity contribution is 0.102. The van der Waals surface area contributed by atoms with Crippen LogP contribution in [0.15, 0.2) is 54.7 Å². The summed E-state index contributed by atoms with van der Waals surface area (Å²) in [6.45, 7) is 2.00. The molecule has 0 saturated heterocycles. The highest BCUT2D eigenvalue weighted by atomic mass is 32.1. The Morgan fingerprint density at radius 1 is 1.14 bits per heavy atom. The molecule has 0 aliphatic rings. The number of aromatic nitrogens is 1. The van der Waals surface area contributed by atoms with Crippen LogP contribution in [0.5, 0.6) is 0 Å². The predicted octanol–water partition coefficient (Wildman–Crippen LogP) is 4.51. The number of nitrogens with one attached hydrogen (secondary N) is 1. The number of halogens is 1. The third kappa shape index (κ3) is 2.89. The fourth-order valence-electron chi connectivity index (χ4n) is 2.10. The second-order valence-corrected chi connectivity index (χ2v) is 6.03. The molecule has 0 atom stereocenters. The van der Waals surface area contributed by atoms with Crippen LogP contribution in [0.4, 0.5) is 10.1 Å². The number of rotatable bonds is 3. The Kier molecular flexibility index (Phi) is 3.98. The van der Waals surface area contributed by atoms with Crippen molar-refractivity contribution in [2.24, 2.45) is 0 Å². The highest BCUT2D eigenvalue weighted by Crippen LogP contribution is 2.29. The van der Waals surface area contributed by atoms with Gasteiger partial charge in [-0.15, -0.1) is 11.3 Å². The largest absolute Gasteiger partial charge is 0.319 e. The third-order valence-electron chi connectivity index (χ3n) is 3.15. The molecule has 0 unspecified atom stereocenters. The van der Waals surface area contributed by atoms with Crippen molar-refractivity contribution < 1.29 is 9.18 Å². The molecule has 2 aromatic heterocycles. The van der Waals surface area contributed by atoms with Crippen LogP contribution in [-0.4, -0.2) is 10.9 Å². The molecule has 110 valence electrons. The van der Waals surface area contributed by atoms with Gasteiger partial charge in [0.05, 0.1) is 21.8 Å². The quantitative estimate of drug-likeness (QED) is 0.773. The van der Waals surface area contributed by atoms with Gasteiger partial charge >= 0.3 is 0 Å². The van der Waals surface area contributed by atoms with E-state index in [-0.39, 0.29) is 11.6 Å². The molecule has 0 aliphatic carbocycles. The molecular formula is C17H13FN2OS. The van der Waals surface area contributed by atoms with Crippen molar-refractivity contribution in [1.29, 1.82) is 0 Å². The van der Waals surface area contributed by atoms with Crippen molar-refractivity contribution >= 4 is 22.9 Å². The lowest BCUT2D eigenvalue weighted by Crippen LogP contribution is -2.14. The van der Waals surface area contributed by atoms with Crippen molar-refractivity contribution in [3.63, 3.8) is 0 Å². The second-order valence-electron chi connectivity index (χ2n) is 4.74. The second kappa shape index (κ2) is 6.07. The van der Waals surface area contributed by atoms with Gasteiger partial charge in [-0.1, -0.05) is 12.1 Å². The normalized spacial score (nSPS) is 10.5. The Morgan fingerprint density at radius 2 is 1.95 bits per heavy atom. The number of carbonyl (C=O) groups is 1. The van der Waals surface area contributed by atoms with Crippen molar-refractivity contribution in [3.05, 3.63) is 71.0 Å². The smallest absolute Gasteiger partial charge is 0.257 e. The van der Waals surface area contributed by atoms with Crippen LogP contribution < -0.4 is 5.32 Å². The Balaban J connectivity index is 1.95. The lowest BCUT2D eigenvalue weighted by Gasteiger charge is -2.09. The van der Waals surface area contributed by atoms with Gasteiger partial charge in [-0.25, -0.2) is 4.39 Å². The molecule has 0 bridgehead atoms. The van der Waals surface area contributed by atoms with Gasteiger partial charge in [0.25, 0.3) is 5.91 Å². The maximum atomic E-state index is 13.7. The average Bonchev–Trinajstić information content (AvgIpc) is 2.96. The van der Waals surface area contributed by atoms with E-state index in [4.69, 9.17) is 0 Å². The summed E-state index contributed by atoms with van der Waals surface area (Å²) in [5.74, 6) is -0.840. The number of para-hydroxylation sites is 1. The van der Waals surface area contributed by atoms with Crippen molar-refractivity contribution in [2.45, 2.75) is 6.92 Å². The molecule has 0 radical (unpaired) electrons. The molecule has 5 heteroatoms. The van der Waals surface area contributed by atoms with Crippen molar-refractivity contribution in [3.8, 4) is 10.6 Å². The van der Waals surface area contributed by atoms with Crippen LogP contribution in [-0.2, 0) is 0 Å². The van der Waals surface area contributed by atoms with Crippen LogP contribution >= 0.6 is 11.3 Å². The molecule has 1 amide bonds. The number of aryl methyl sites for hydroxylation is 1. The molecule has 3 nitrogen and oxygen atoms in total. The molecule has 2 heterocycles. The molecule has 0 saturated carbocycles.